The van der Waals surface area contributed by atoms with E-state index in [0.717, 1.165) is 66.0 Å². The van der Waals surface area contributed by atoms with Gasteiger partial charge in [0.15, 0.2) is 0 Å². The number of amides is 3. The molecule has 1 unspecified atom stereocenters. The molecule has 1 saturated heterocycles. The largest absolute Gasteiger partial charge is 0.608 e. The normalized spacial score (nSPS) is 19.6. The van der Waals surface area contributed by atoms with Crippen LogP contribution in [0.4, 0.5) is 17.3 Å². The Morgan fingerprint density at radius 1 is 1.03 bits per heavy atom. The molecule has 58 heavy (non-hydrogen) atoms. The zero-order chi connectivity index (χ0) is 40.5. The zero-order valence-electron chi connectivity index (χ0n) is 33.3. The first-order chi connectivity index (χ1) is 28.0. The van der Waals surface area contributed by atoms with E-state index in [4.69, 9.17) is 14.7 Å². The molecule has 0 aliphatic carbocycles. The molecule has 3 aromatic heterocycles. The van der Waals surface area contributed by atoms with E-state index in [1.807, 2.05) is 51.4 Å². The number of ether oxygens (including phenoxy) is 1. The lowest BCUT2D eigenvalue weighted by atomic mass is 10.1. The van der Waals surface area contributed by atoms with Gasteiger partial charge in [-0.2, -0.15) is 5.10 Å². The van der Waals surface area contributed by atoms with Crippen LogP contribution in [0, 0.1) is 18.0 Å². The van der Waals surface area contributed by atoms with E-state index in [9.17, 15) is 19.6 Å². The molecule has 5 N–H and O–H groups in total. The SMILES string of the molecule is Cc1cc2cc(n1)-c1cnn(C)c1OCCC[C@@H](C)Cn1c(nc3ccc(NCCNCCN(C)c4ccc5c(c4)CN([C@H]4CC[NH+]([O-])NC4=O)C5=O)cc31)NC2=O. The minimum atomic E-state index is -0.627. The van der Waals surface area contributed by atoms with Gasteiger partial charge < -0.3 is 34.9 Å². The van der Waals surface area contributed by atoms with E-state index in [0.29, 0.717) is 67.0 Å². The number of hydroxylamine groups is 1. The number of carbonyl (C=O) groups is 3. The maximum Gasteiger partial charge on any atom is 0.288 e. The maximum absolute atomic E-state index is 13.8. The number of aryl methyl sites for hydroxylation is 2. The molecule has 1 fully saturated rings. The molecule has 3 aliphatic heterocycles. The van der Waals surface area contributed by atoms with Crippen molar-refractivity contribution in [1.82, 2.24) is 40.0 Å². The molecule has 3 amide bonds. The van der Waals surface area contributed by atoms with Crippen molar-refractivity contribution in [2.24, 2.45) is 13.0 Å². The fourth-order valence-corrected chi connectivity index (χ4v) is 8.00. The summed E-state index contributed by atoms with van der Waals surface area (Å²) in [6.07, 6.45) is 3.83. The summed E-state index contributed by atoms with van der Waals surface area (Å²) in [7, 11) is 3.86. The van der Waals surface area contributed by atoms with Gasteiger partial charge >= 0.3 is 0 Å². The van der Waals surface area contributed by atoms with Gasteiger partial charge in [-0.25, -0.2) is 15.1 Å². The first-order valence-electron chi connectivity index (χ1n) is 19.9. The van der Waals surface area contributed by atoms with Crippen LogP contribution in [0.25, 0.3) is 22.3 Å². The third kappa shape index (κ3) is 8.05. The van der Waals surface area contributed by atoms with Crippen molar-refractivity contribution in [2.45, 2.75) is 52.2 Å². The summed E-state index contributed by atoms with van der Waals surface area (Å²) in [5.41, 5.74) is 10.1. The van der Waals surface area contributed by atoms with E-state index in [1.165, 1.54) is 0 Å². The summed E-state index contributed by atoms with van der Waals surface area (Å²) >= 11 is 0. The van der Waals surface area contributed by atoms with Crippen molar-refractivity contribution in [3.05, 3.63) is 82.3 Å². The van der Waals surface area contributed by atoms with Crippen molar-refractivity contribution in [2.75, 3.05) is 61.9 Å². The van der Waals surface area contributed by atoms with Crippen molar-refractivity contribution in [3.63, 3.8) is 0 Å². The molecule has 17 heteroatoms. The van der Waals surface area contributed by atoms with Gasteiger partial charge in [0.1, 0.15) is 12.6 Å². The van der Waals surface area contributed by atoms with E-state index < -0.39 is 11.9 Å². The number of quaternary nitrogens is 1. The molecule has 6 heterocycles. The second-order valence-corrected chi connectivity index (χ2v) is 15.5. The molecule has 8 rings (SSSR count). The van der Waals surface area contributed by atoms with Gasteiger partial charge in [0.05, 0.1) is 35.1 Å². The Kier molecular flexibility index (Phi) is 11.0. The molecule has 3 aliphatic rings. The van der Waals surface area contributed by atoms with Gasteiger partial charge in [0.2, 0.25) is 11.8 Å². The highest BCUT2D eigenvalue weighted by molar-refractivity contribution is 6.05. The maximum atomic E-state index is 13.8. The Bertz CT molecular complexity index is 2360. The average Bonchev–Trinajstić information content (AvgIpc) is 3.85. The number of hydrogen-bond acceptors (Lipinski definition) is 11. The molecular formula is C41H50N12O5. The van der Waals surface area contributed by atoms with Crippen molar-refractivity contribution >= 4 is 46.1 Å². The highest BCUT2D eigenvalue weighted by atomic mass is 16.5. The fraction of sp³-hybridized carbons (Fsp3) is 0.415. The summed E-state index contributed by atoms with van der Waals surface area (Å²) in [4.78, 5) is 52.6. The summed E-state index contributed by atoms with van der Waals surface area (Å²) < 4.78 is 10.0. The summed E-state index contributed by atoms with van der Waals surface area (Å²) in [5.74, 6) is 0.565. The molecule has 2 aromatic carbocycles. The number of nitrogens with one attached hydrogen (secondary N) is 5. The molecule has 2 bridgehead atoms. The van der Waals surface area contributed by atoms with E-state index in [2.05, 4.69) is 48.9 Å². The van der Waals surface area contributed by atoms with Gasteiger partial charge in [-0.3, -0.25) is 29.9 Å². The van der Waals surface area contributed by atoms with Crippen LogP contribution in [-0.2, 0) is 24.9 Å². The van der Waals surface area contributed by atoms with Gasteiger partial charge in [-0.15, -0.1) is 0 Å². The highest BCUT2D eigenvalue weighted by Crippen LogP contribution is 2.32. The Hall–Kier alpha value is -6.04. The van der Waals surface area contributed by atoms with Crippen molar-refractivity contribution in [1.29, 1.82) is 0 Å². The predicted octanol–water partition coefficient (Wildman–Crippen LogP) is 2.48. The standard InChI is InChI=1S/C41H50N12O5/c1-25-6-5-17-58-40-32(22-44-50(40)4)34-20-27(18-26(2)45-34)37(54)47-41-46-33-10-7-29(21-36(33)52(41)23-25)43-13-12-42-14-16-49(3)30-8-9-31-28(19-30)24-51(39(31)56)35-11-15-53(57)48-38(35)55/h7-10,18-22,25,35,42-43,53H,5-6,11-17,23-24H2,1-4H3,(H,48,55)(H,46,47,54)/t25-,35+/m1/s1. The van der Waals surface area contributed by atoms with Crippen molar-refractivity contribution in [3.8, 4) is 17.1 Å². The minimum Gasteiger partial charge on any atom is -0.608 e. The number of anilines is 3. The van der Waals surface area contributed by atoms with E-state index >= 15 is 0 Å². The average molecular weight is 791 g/mol. The van der Waals surface area contributed by atoms with Crippen molar-refractivity contribution < 1.29 is 24.3 Å². The van der Waals surface area contributed by atoms with Gasteiger partial charge in [0.25, 0.3) is 17.7 Å². The number of benzene rings is 2. The molecule has 304 valence electrons. The number of fused-ring (bicyclic) bond motifs is 8. The van der Waals surface area contributed by atoms with Crippen LogP contribution in [0.1, 0.15) is 58.2 Å². The number of pyridine rings is 1. The second-order valence-electron chi connectivity index (χ2n) is 15.5. The molecule has 0 radical (unpaired) electrons. The fourth-order valence-electron chi connectivity index (χ4n) is 8.00. The lowest BCUT2D eigenvalue weighted by molar-refractivity contribution is -0.890. The first-order valence-corrected chi connectivity index (χ1v) is 19.9. The first kappa shape index (κ1) is 38.8. The molecule has 17 nitrogen and oxygen atoms in total. The minimum absolute atomic E-state index is 0.172. The quantitative estimate of drug-likeness (QED) is 0.109. The summed E-state index contributed by atoms with van der Waals surface area (Å²) in [5, 5.41) is 25.9. The number of carbonyl (C=O) groups excluding carboxylic acids is 3. The number of nitrogens with zero attached hydrogens (tertiary/aromatic N) is 7. The third-order valence-corrected chi connectivity index (χ3v) is 11.1. The second kappa shape index (κ2) is 16.4. The molecule has 0 spiro atoms. The number of imidazole rings is 1. The van der Waals surface area contributed by atoms with Crippen LogP contribution in [0.15, 0.2) is 54.7 Å². The lowest BCUT2D eigenvalue weighted by Gasteiger charge is -2.34. The number of rotatable bonds is 9. The van der Waals surface area contributed by atoms with E-state index in [1.54, 1.807) is 27.9 Å². The van der Waals surface area contributed by atoms with Crippen LogP contribution in [0.3, 0.4) is 0 Å². The van der Waals surface area contributed by atoms with Gasteiger partial charge in [-0.1, -0.05) is 6.92 Å². The zero-order valence-corrected chi connectivity index (χ0v) is 33.3. The predicted molar refractivity (Wildman–Crippen MR) is 219 cm³/mol. The van der Waals surface area contributed by atoms with E-state index in [-0.39, 0.29) is 29.4 Å². The smallest absolute Gasteiger partial charge is 0.288 e. The number of hydrogen-bond donors (Lipinski definition) is 5. The van der Waals surface area contributed by atoms with Crippen LogP contribution in [-0.4, -0.2) is 99.4 Å². The van der Waals surface area contributed by atoms with Crippen LogP contribution in [0.2, 0.25) is 0 Å². The molecular weight excluding hydrogens is 741 g/mol. The van der Waals surface area contributed by atoms with Crippen LogP contribution in [0.5, 0.6) is 5.88 Å². The lowest BCUT2D eigenvalue weighted by Crippen LogP contribution is -3.17. The Labute approximate surface area is 336 Å². The van der Waals surface area contributed by atoms with Gasteiger partial charge in [0, 0.05) is 88.0 Å². The topological polar surface area (TPSA) is 191 Å². The van der Waals surface area contributed by atoms with Crippen LogP contribution >= 0.6 is 0 Å². The van der Waals surface area contributed by atoms with Crippen LogP contribution < -0.4 is 36.2 Å². The monoisotopic (exact) mass is 790 g/mol. The summed E-state index contributed by atoms with van der Waals surface area (Å²) in [6, 6.07) is 14.8. The Morgan fingerprint density at radius 2 is 1.90 bits per heavy atom. The summed E-state index contributed by atoms with van der Waals surface area (Å²) in [6.45, 7) is 8.78. The Morgan fingerprint density at radius 3 is 2.74 bits per heavy atom. The highest BCUT2D eigenvalue weighted by Gasteiger charge is 2.39. The number of likely N-dealkylation sites (N-methyl/N-ethyl adjacent to an activating group) is 1. The third-order valence-electron chi connectivity index (χ3n) is 11.1. The number of aromatic nitrogens is 5. The molecule has 5 aromatic rings. The molecule has 0 saturated carbocycles. The molecule has 3 atom stereocenters. The Balaban J connectivity index is 0.882. The van der Waals surface area contributed by atoms with Gasteiger partial charge in [-0.05, 0) is 79.8 Å².